The Labute approximate surface area is 124 Å². The Bertz CT molecular complexity index is 503. The molecule has 1 saturated heterocycles. The average Bonchev–Trinajstić information content (AvgIpc) is 2.40. The largest absolute Gasteiger partial charge is 0.370 e. The molecule has 1 fully saturated rings. The topological polar surface area (TPSA) is 47.4 Å². The minimum absolute atomic E-state index is 0.0383. The van der Waals surface area contributed by atoms with Crippen LogP contribution in [0.1, 0.15) is 20.8 Å². The lowest BCUT2D eigenvalue weighted by atomic mass is 10.2. The van der Waals surface area contributed by atoms with Crippen LogP contribution in [0.2, 0.25) is 0 Å². The molecule has 112 valence electrons. The summed E-state index contributed by atoms with van der Waals surface area (Å²) in [4.78, 5) is 18.7. The molecule has 20 heavy (non-hydrogen) atoms. The number of anilines is 1. The van der Waals surface area contributed by atoms with Crippen LogP contribution in [0.15, 0.2) is 17.2 Å². The van der Waals surface area contributed by atoms with E-state index in [9.17, 15) is 4.79 Å². The maximum Gasteiger partial charge on any atom is 0.293 e. The van der Waals surface area contributed by atoms with Crippen LogP contribution >= 0.6 is 11.6 Å². The molecule has 0 N–H and O–H groups in total. The van der Waals surface area contributed by atoms with Crippen molar-refractivity contribution in [3.63, 3.8) is 0 Å². The van der Waals surface area contributed by atoms with E-state index in [1.807, 2.05) is 11.8 Å². The molecule has 0 bridgehead atoms. The van der Waals surface area contributed by atoms with E-state index in [-0.39, 0.29) is 17.8 Å². The van der Waals surface area contributed by atoms with E-state index in [1.54, 1.807) is 17.0 Å². The first-order chi connectivity index (χ1) is 9.51. The Morgan fingerprint density at radius 3 is 2.90 bits per heavy atom. The van der Waals surface area contributed by atoms with Crippen LogP contribution in [0.25, 0.3) is 0 Å². The summed E-state index contributed by atoms with van der Waals surface area (Å²) in [5.74, 6) is 1.34. The van der Waals surface area contributed by atoms with Crippen LogP contribution in [0, 0.1) is 5.92 Å². The van der Waals surface area contributed by atoms with Gasteiger partial charge in [0.15, 0.2) is 5.82 Å². The summed E-state index contributed by atoms with van der Waals surface area (Å²) in [6.07, 6.45) is 3.43. The molecule has 5 nitrogen and oxygen atoms in total. The number of hydrogen-bond donors (Lipinski definition) is 0. The first-order valence-corrected chi connectivity index (χ1v) is 7.56. The number of hydrogen-bond acceptors (Lipinski definition) is 4. The quantitative estimate of drug-likeness (QED) is 0.795. The summed E-state index contributed by atoms with van der Waals surface area (Å²) in [5.41, 5.74) is -0.0383. The van der Waals surface area contributed by atoms with E-state index in [4.69, 9.17) is 16.3 Å². The Hall–Kier alpha value is -1.07. The third-order valence-corrected chi connectivity index (χ3v) is 3.60. The van der Waals surface area contributed by atoms with Gasteiger partial charge in [0, 0.05) is 32.0 Å². The van der Waals surface area contributed by atoms with Crippen molar-refractivity contribution in [2.45, 2.75) is 39.5 Å². The van der Waals surface area contributed by atoms with Gasteiger partial charge >= 0.3 is 0 Å². The highest BCUT2D eigenvalue weighted by Crippen LogP contribution is 2.16. The minimum atomic E-state index is -0.0552. The van der Waals surface area contributed by atoms with E-state index < -0.39 is 0 Å². The second-order valence-corrected chi connectivity index (χ2v) is 6.04. The highest BCUT2D eigenvalue weighted by atomic mass is 35.5. The van der Waals surface area contributed by atoms with Crippen LogP contribution in [0.4, 0.5) is 5.82 Å². The number of ether oxygens (including phenoxy) is 1. The molecule has 0 radical (unpaired) electrons. The second kappa shape index (κ2) is 6.59. The predicted molar refractivity (Wildman–Crippen MR) is 80.6 cm³/mol. The van der Waals surface area contributed by atoms with E-state index in [2.05, 4.69) is 18.8 Å². The lowest BCUT2D eigenvalue weighted by Crippen LogP contribution is -2.49. The number of alkyl halides is 1. The van der Waals surface area contributed by atoms with Gasteiger partial charge in [-0.05, 0) is 12.8 Å². The Morgan fingerprint density at radius 2 is 2.25 bits per heavy atom. The van der Waals surface area contributed by atoms with Crippen LogP contribution < -0.4 is 10.5 Å². The first-order valence-electron chi connectivity index (χ1n) is 7.03. The molecule has 1 aliphatic heterocycles. The van der Waals surface area contributed by atoms with E-state index in [0.29, 0.717) is 37.3 Å². The summed E-state index contributed by atoms with van der Waals surface area (Å²) in [6.45, 7) is 8.15. The van der Waals surface area contributed by atoms with Gasteiger partial charge in [0.05, 0.1) is 18.1 Å². The van der Waals surface area contributed by atoms with Gasteiger partial charge in [-0.15, -0.1) is 11.6 Å². The summed E-state index contributed by atoms with van der Waals surface area (Å²) in [7, 11) is 0. The molecule has 1 aromatic heterocycles. The van der Waals surface area contributed by atoms with Crippen LogP contribution in [-0.2, 0) is 11.3 Å². The molecular formula is C14H22ClN3O2. The van der Waals surface area contributed by atoms with Crippen molar-refractivity contribution < 1.29 is 4.74 Å². The minimum Gasteiger partial charge on any atom is -0.370 e. The maximum atomic E-state index is 12.5. The smallest absolute Gasteiger partial charge is 0.293 e. The standard InChI is InChI=1S/C14H22ClN3O2/c1-10(2)7-17-5-4-16-13(14(17)19)18-8-11(3)20-12(6-15)9-18/h4-5,10-12H,6-9H2,1-3H3. The monoisotopic (exact) mass is 299 g/mol. The zero-order valence-electron chi connectivity index (χ0n) is 12.3. The Kier molecular flexibility index (Phi) is 5.05. The molecule has 0 spiro atoms. The van der Waals surface area contributed by atoms with Crippen molar-refractivity contribution in [3.8, 4) is 0 Å². The molecule has 2 unspecified atom stereocenters. The molecule has 0 amide bonds. The molecule has 2 heterocycles. The number of rotatable bonds is 4. The summed E-state index contributed by atoms with van der Waals surface area (Å²) in [6, 6.07) is 0. The Balaban J connectivity index is 2.26. The average molecular weight is 300 g/mol. The fourth-order valence-corrected chi connectivity index (χ4v) is 2.66. The van der Waals surface area contributed by atoms with Gasteiger partial charge in [0.1, 0.15) is 0 Å². The fourth-order valence-electron chi connectivity index (χ4n) is 2.49. The van der Waals surface area contributed by atoms with Crippen LogP contribution in [0.5, 0.6) is 0 Å². The molecular weight excluding hydrogens is 278 g/mol. The van der Waals surface area contributed by atoms with Gasteiger partial charge in [-0.1, -0.05) is 13.8 Å². The molecule has 6 heteroatoms. The first kappa shape index (κ1) is 15.3. The number of nitrogens with zero attached hydrogens (tertiary/aromatic N) is 3. The van der Waals surface area contributed by atoms with Crippen molar-refractivity contribution in [2.75, 3.05) is 23.9 Å². The molecule has 0 aliphatic carbocycles. The summed E-state index contributed by atoms with van der Waals surface area (Å²) < 4.78 is 7.44. The van der Waals surface area contributed by atoms with Crippen molar-refractivity contribution in [3.05, 3.63) is 22.7 Å². The molecule has 2 atom stereocenters. The van der Waals surface area contributed by atoms with Gasteiger partial charge in [-0.3, -0.25) is 4.79 Å². The van der Waals surface area contributed by atoms with E-state index in [0.717, 1.165) is 0 Å². The second-order valence-electron chi connectivity index (χ2n) is 5.73. The van der Waals surface area contributed by atoms with Crippen molar-refractivity contribution >= 4 is 17.4 Å². The molecule has 1 aliphatic rings. The lowest BCUT2D eigenvalue weighted by molar-refractivity contribution is -0.00368. The van der Waals surface area contributed by atoms with Crippen LogP contribution in [-0.4, -0.2) is 40.7 Å². The normalized spacial score (nSPS) is 23.4. The van der Waals surface area contributed by atoms with Gasteiger partial charge in [-0.25, -0.2) is 4.98 Å². The van der Waals surface area contributed by atoms with Gasteiger partial charge < -0.3 is 14.2 Å². The van der Waals surface area contributed by atoms with Crippen molar-refractivity contribution in [1.29, 1.82) is 0 Å². The van der Waals surface area contributed by atoms with Gasteiger partial charge in [-0.2, -0.15) is 0 Å². The van der Waals surface area contributed by atoms with Crippen molar-refractivity contribution in [1.82, 2.24) is 9.55 Å². The van der Waals surface area contributed by atoms with E-state index in [1.165, 1.54) is 0 Å². The molecule has 0 aromatic carbocycles. The summed E-state index contributed by atoms with van der Waals surface area (Å²) in [5, 5.41) is 0. The lowest BCUT2D eigenvalue weighted by Gasteiger charge is -2.36. The van der Waals surface area contributed by atoms with Gasteiger partial charge in [0.2, 0.25) is 0 Å². The maximum absolute atomic E-state index is 12.5. The highest BCUT2D eigenvalue weighted by Gasteiger charge is 2.27. The zero-order chi connectivity index (χ0) is 14.7. The predicted octanol–water partition coefficient (Wildman–Crippen LogP) is 1.73. The number of aromatic nitrogens is 2. The number of halogens is 1. The Morgan fingerprint density at radius 1 is 1.50 bits per heavy atom. The zero-order valence-corrected chi connectivity index (χ0v) is 13.0. The molecule has 2 rings (SSSR count). The molecule has 0 saturated carbocycles. The van der Waals surface area contributed by atoms with Crippen LogP contribution in [0.3, 0.4) is 0 Å². The third-order valence-electron chi connectivity index (χ3n) is 3.26. The van der Waals surface area contributed by atoms with Gasteiger partial charge in [0.25, 0.3) is 5.56 Å². The van der Waals surface area contributed by atoms with E-state index >= 15 is 0 Å². The van der Waals surface area contributed by atoms with Crippen molar-refractivity contribution in [2.24, 2.45) is 5.92 Å². The third kappa shape index (κ3) is 3.52. The SMILES string of the molecule is CC(C)Cn1ccnc(N2CC(C)OC(CCl)C2)c1=O. The molecule has 1 aromatic rings. The summed E-state index contributed by atoms with van der Waals surface area (Å²) >= 11 is 5.88. The fraction of sp³-hybridized carbons (Fsp3) is 0.714. The highest BCUT2D eigenvalue weighted by molar-refractivity contribution is 6.18. The number of morpholine rings is 1.